The molecule has 0 fully saturated rings. The van der Waals surface area contributed by atoms with Crippen LogP contribution < -0.4 is 0 Å². The minimum atomic E-state index is 0.0711. The fraction of sp³-hybridized carbons (Fsp3) is 0.357. The van der Waals surface area contributed by atoms with Crippen molar-refractivity contribution in [2.45, 2.75) is 32.3 Å². The molecule has 0 bridgehead atoms. The van der Waals surface area contributed by atoms with E-state index in [4.69, 9.17) is 11.6 Å². The Balaban J connectivity index is 2.39. The van der Waals surface area contributed by atoms with E-state index < -0.39 is 0 Å². The molecular formula is C14H14ClNO. The molecular weight excluding hydrogens is 234 g/mol. The lowest BCUT2D eigenvalue weighted by atomic mass is 9.90. The van der Waals surface area contributed by atoms with Crippen molar-refractivity contribution in [2.24, 2.45) is 0 Å². The third-order valence-corrected chi connectivity index (χ3v) is 3.82. The molecule has 0 unspecified atom stereocenters. The van der Waals surface area contributed by atoms with Crippen molar-refractivity contribution in [1.29, 1.82) is 0 Å². The van der Waals surface area contributed by atoms with E-state index in [1.54, 1.807) is 0 Å². The number of rotatable bonds is 1. The number of halogens is 1. The number of hydrogen-bond donors (Lipinski definition) is 1. The standard InChI is InChI=1S/C14H14ClNO/c15-12-6-3-5-10-11(8-17)9-4-1-2-7-13(9)16-14(10)12/h3,5-6,17H,1-2,4,7-8H2. The number of hydrogen-bond acceptors (Lipinski definition) is 2. The van der Waals surface area contributed by atoms with Gasteiger partial charge in [-0.3, -0.25) is 4.98 Å². The second kappa shape index (κ2) is 4.28. The first-order valence-electron chi connectivity index (χ1n) is 6.01. The molecule has 0 atom stereocenters. The van der Waals surface area contributed by atoms with Gasteiger partial charge in [0, 0.05) is 11.1 Å². The van der Waals surface area contributed by atoms with Crippen LogP contribution in [0.4, 0.5) is 0 Å². The summed E-state index contributed by atoms with van der Waals surface area (Å²) in [6.45, 7) is 0.0711. The van der Waals surface area contributed by atoms with Crippen molar-refractivity contribution >= 4 is 22.5 Å². The number of nitrogens with zero attached hydrogens (tertiary/aromatic N) is 1. The van der Waals surface area contributed by atoms with Gasteiger partial charge in [0.25, 0.3) is 0 Å². The Bertz CT molecular complexity index is 580. The van der Waals surface area contributed by atoms with E-state index in [2.05, 4.69) is 4.98 Å². The highest BCUT2D eigenvalue weighted by Crippen LogP contribution is 2.32. The molecule has 1 aliphatic carbocycles. The predicted octanol–water partition coefficient (Wildman–Crippen LogP) is 3.26. The van der Waals surface area contributed by atoms with Gasteiger partial charge in [-0.1, -0.05) is 23.7 Å². The lowest BCUT2D eigenvalue weighted by molar-refractivity contribution is 0.281. The van der Waals surface area contributed by atoms with Crippen molar-refractivity contribution in [3.05, 3.63) is 40.0 Å². The van der Waals surface area contributed by atoms with E-state index in [0.717, 1.165) is 35.0 Å². The third kappa shape index (κ3) is 1.72. The zero-order valence-electron chi connectivity index (χ0n) is 9.54. The van der Waals surface area contributed by atoms with E-state index >= 15 is 0 Å². The normalized spacial score (nSPS) is 14.9. The summed E-state index contributed by atoms with van der Waals surface area (Å²) < 4.78 is 0. The summed E-state index contributed by atoms with van der Waals surface area (Å²) in [5, 5.41) is 11.3. The SMILES string of the molecule is OCc1c2c(nc3c(Cl)cccc13)CCCC2. The third-order valence-electron chi connectivity index (χ3n) is 3.52. The zero-order chi connectivity index (χ0) is 11.8. The van der Waals surface area contributed by atoms with Gasteiger partial charge in [0.15, 0.2) is 0 Å². The van der Waals surface area contributed by atoms with Gasteiger partial charge >= 0.3 is 0 Å². The number of benzene rings is 1. The molecule has 1 aromatic heterocycles. The molecule has 1 N–H and O–H groups in total. The van der Waals surface area contributed by atoms with Gasteiger partial charge in [-0.05, 0) is 42.9 Å². The highest BCUT2D eigenvalue weighted by Gasteiger charge is 2.18. The average molecular weight is 248 g/mol. The Morgan fingerprint density at radius 1 is 1.24 bits per heavy atom. The first-order chi connectivity index (χ1) is 8.31. The summed E-state index contributed by atoms with van der Waals surface area (Å²) in [6, 6.07) is 5.77. The van der Waals surface area contributed by atoms with E-state index in [9.17, 15) is 5.11 Å². The number of aromatic nitrogens is 1. The maximum absolute atomic E-state index is 9.61. The monoisotopic (exact) mass is 247 g/mol. The van der Waals surface area contributed by atoms with Crippen molar-refractivity contribution in [2.75, 3.05) is 0 Å². The van der Waals surface area contributed by atoms with Crippen LogP contribution in [0.2, 0.25) is 5.02 Å². The molecule has 0 amide bonds. The lowest BCUT2D eigenvalue weighted by Crippen LogP contribution is -2.10. The summed E-state index contributed by atoms with van der Waals surface area (Å²) in [6.07, 6.45) is 4.40. The summed E-state index contributed by atoms with van der Waals surface area (Å²) in [5.74, 6) is 0. The summed E-state index contributed by atoms with van der Waals surface area (Å²) in [4.78, 5) is 4.68. The smallest absolute Gasteiger partial charge is 0.0895 e. The summed E-state index contributed by atoms with van der Waals surface area (Å²) in [5.41, 5.74) is 4.22. The van der Waals surface area contributed by atoms with Gasteiger partial charge in [-0.15, -0.1) is 0 Å². The molecule has 2 nitrogen and oxygen atoms in total. The molecule has 0 saturated heterocycles. The van der Waals surface area contributed by atoms with Crippen molar-refractivity contribution in [1.82, 2.24) is 4.98 Å². The molecule has 1 heterocycles. The van der Waals surface area contributed by atoms with E-state index in [0.29, 0.717) is 5.02 Å². The molecule has 17 heavy (non-hydrogen) atoms. The van der Waals surface area contributed by atoms with Gasteiger partial charge in [-0.2, -0.15) is 0 Å². The first-order valence-corrected chi connectivity index (χ1v) is 6.39. The van der Waals surface area contributed by atoms with Crippen LogP contribution in [0.25, 0.3) is 10.9 Å². The molecule has 0 saturated carbocycles. The topological polar surface area (TPSA) is 33.1 Å². The number of para-hydroxylation sites is 1. The van der Waals surface area contributed by atoms with Crippen LogP contribution in [0.3, 0.4) is 0 Å². The minimum Gasteiger partial charge on any atom is -0.392 e. The van der Waals surface area contributed by atoms with Crippen LogP contribution in [0.5, 0.6) is 0 Å². The Kier molecular flexibility index (Phi) is 2.77. The second-order valence-electron chi connectivity index (χ2n) is 4.52. The van der Waals surface area contributed by atoms with Crippen LogP contribution >= 0.6 is 11.6 Å². The predicted molar refractivity (Wildman–Crippen MR) is 69.3 cm³/mol. The maximum atomic E-state index is 9.61. The number of aryl methyl sites for hydroxylation is 1. The highest BCUT2D eigenvalue weighted by molar-refractivity contribution is 6.35. The summed E-state index contributed by atoms with van der Waals surface area (Å²) >= 11 is 6.18. The molecule has 0 aliphatic heterocycles. The molecule has 3 rings (SSSR count). The van der Waals surface area contributed by atoms with Crippen LogP contribution in [0, 0.1) is 0 Å². The van der Waals surface area contributed by atoms with Gasteiger partial charge in [0.05, 0.1) is 17.1 Å². The van der Waals surface area contributed by atoms with Crippen LogP contribution in [-0.2, 0) is 19.4 Å². The van der Waals surface area contributed by atoms with Crippen molar-refractivity contribution < 1.29 is 5.11 Å². The van der Waals surface area contributed by atoms with E-state index in [-0.39, 0.29) is 6.61 Å². The number of aliphatic hydroxyl groups excluding tert-OH is 1. The van der Waals surface area contributed by atoms with E-state index in [1.807, 2.05) is 18.2 Å². The highest BCUT2D eigenvalue weighted by atomic mass is 35.5. The Labute approximate surface area is 105 Å². The van der Waals surface area contributed by atoms with Gasteiger partial charge in [-0.25, -0.2) is 0 Å². The fourth-order valence-electron chi connectivity index (χ4n) is 2.69. The molecule has 0 spiro atoms. The Hall–Kier alpha value is -1.12. The van der Waals surface area contributed by atoms with Crippen molar-refractivity contribution in [3.63, 3.8) is 0 Å². The number of pyridine rings is 1. The zero-order valence-corrected chi connectivity index (χ0v) is 10.3. The van der Waals surface area contributed by atoms with Gasteiger partial charge in [0.1, 0.15) is 0 Å². The van der Waals surface area contributed by atoms with E-state index in [1.165, 1.54) is 18.4 Å². The summed E-state index contributed by atoms with van der Waals surface area (Å²) in [7, 11) is 0. The molecule has 1 aromatic carbocycles. The second-order valence-corrected chi connectivity index (χ2v) is 4.92. The lowest BCUT2D eigenvalue weighted by Gasteiger charge is -2.20. The van der Waals surface area contributed by atoms with Crippen LogP contribution in [-0.4, -0.2) is 10.1 Å². The first kappa shape index (κ1) is 11.0. The quantitative estimate of drug-likeness (QED) is 0.839. The molecule has 0 radical (unpaired) electrons. The Morgan fingerprint density at radius 3 is 2.88 bits per heavy atom. The van der Waals surface area contributed by atoms with Crippen LogP contribution in [0.1, 0.15) is 29.7 Å². The largest absolute Gasteiger partial charge is 0.392 e. The van der Waals surface area contributed by atoms with Crippen molar-refractivity contribution in [3.8, 4) is 0 Å². The van der Waals surface area contributed by atoms with Crippen LogP contribution in [0.15, 0.2) is 18.2 Å². The Morgan fingerprint density at radius 2 is 2.06 bits per heavy atom. The minimum absolute atomic E-state index is 0.0711. The maximum Gasteiger partial charge on any atom is 0.0895 e. The fourth-order valence-corrected chi connectivity index (χ4v) is 2.91. The molecule has 3 heteroatoms. The number of aliphatic hydroxyl groups is 1. The average Bonchev–Trinajstić information content (AvgIpc) is 2.37. The molecule has 88 valence electrons. The molecule has 2 aromatic rings. The molecule has 1 aliphatic rings. The number of fused-ring (bicyclic) bond motifs is 2. The van der Waals surface area contributed by atoms with Gasteiger partial charge < -0.3 is 5.11 Å². The van der Waals surface area contributed by atoms with Gasteiger partial charge in [0.2, 0.25) is 0 Å².